The number of hydrogen-bond donors (Lipinski definition) is 1. The van der Waals surface area contributed by atoms with E-state index in [4.69, 9.17) is 18.0 Å². The number of thiocarbonyl (C=S) groups is 1. The van der Waals surface area contributed by atoms with Crippen molar-refractivity contribution in [1.82, 2.24) is 0 Å². The molecule has 0 radical (unpaired) electrons. The van der Waals surface area contributed by atoms with Crippen LogP contribution in [0.3, 0.4) is 0 Å². The summed E-state index contributed by atoms with van der Waals surface area (Å²) in [5.41, 5.74) is 8.23. The van der Waals surface area contributed by atoms with E-state index in [-0.39, 0.29) is 0 Å². The van der Waals surface area contributed by atoms with Gasteiger partial charge in [0, 0.05) is 29.2 Å². The average Bonchev–Trinajstić information content (AvgIpc) is 2.46. The molecule has 1 unspecified atom stereocenters. The second-order valence-electron chi connectivity index (χ2n) is 5.08. The maximum Gasteiger partial charge on any atom is 0.107 e. The van der Waals surface area contributed by atoms with Crippen molar-refractivity contribution in [3.05, 3.63) is 23.8 Å². The largest absolute Gasteiger partial charge is 0.389 e. The summed E-state index contributed by atoms with van der Waals surface area (Å²) >= 11 is 6.98. The minimum Gasteiger partial charge on any atom is -0.389 e. The van der Waals surface area contributed by atoms with Gasteiger partial charge in [0.15, 0.2) is 0 Å². The molecular formula is C15H22N2S2. The number of thioether (sulfide) groups is 1. The Morgan fingerprint density at radius 1 is 1.53 bits per heavy atom. The molecule has 1 atom stereocenters. The van der Waals surface area contributed by atoms with Crippen LogP contribution < -0.4 is 10.6 Å². The van der Waals surface area contributed by atoms with Gasteiger partial charge in [-0.25, -0.2) is 0 Å². The molecule has 0 aliphatic carbocycles. The van der Waals surface area contributed by atoms with E-state index in [0.29, 0.717) is 4.99 Å². The molecule has 0 bridgehead atoms. The van der Waals surface area contributed by atoms with Gasteiger partial charge in [0.25, 0.3) is 0 Å². The van der Waals surface area contributed by atoms with Crippen LogP contribution in [0.2, 0.25) is 0 Å². The lowest BCUT2D eigenvalue weighted by molar-refractivity contribution is 0.404. The third-order valence-electron chi connectivity index (χ3n) is 3.91. The van der Waals surface area contributed by atoms with Crippen LogP contribution in [0, 0.1) is 5.92 Å². The van der Waals surface area contributed by atoms with E-state index in [0.717, 1.165) is 24.6 Å². The lowest BCUT2D eigenvalue weighted by Gasteiger charge is -2.35. The van der Waals surface area contributed by atoms with Crippen molar-refractivity contribution in [2.24, 2.45) is 11.7 Å². The number of rotatable bonds is 4. The Bertz CT molecular complexity index is 459. The van der Waals surface area contributed by atoms with Crippen LogP contribution in [0.4, 0.5) is 5.69 Å². The van der Waals surface area contributed by atoms with E-state index < -0.39 is 0 Å². The van der Waals surface area contributed by atoms with Crippen LogP contribution in [-0.2, 0) is 0 Å². The SMILES string of the molecule is CCC1CCCN(c2cccc(SC)c2C(N)=S)C1. The number of nitrogens with two attached hydrogens (primary N) is 1. The van der Waals surface area contributed by atoms with Crippen molar-refractivity contribution in [3.8, 4) is 0 Å². The van der Waals surface area contributed by atoms with Crippen LogP contribution in [0.5, 0.6) is 0 Å². The molecule has 2 N–H and O–H groups in total. The smallest absolute Gasteiger partial charge is 0.107 e. The minimum absolute atomic E-state index is 0.513. The van der Waals surface area contributed by atoms with Gasteiger partial charge < -0.3 is 10.6 Å². The molecule has 0 saturated carbocycles. The third-order valence-corrected chi connectivity index (χ3v) is 4.89. The molecule has 0 aromatic heterocycles. The maximum atomic E-state index is 5.96. The topological polar surface area (TPSA) is 29.3 Å². The molecule has 2 rings (SSSR count). The van der Waals surface area contributed by atoms with Crippen molar-refractivity contribution < 1.29 is 0 Å². The molecule has 0 amide bonds. The highest BCUT2D eigenvalue weighted by atomic mass is 32.2. The molecule has 19 heavy (non-hydrogen) atoms. The molecule has 0 spiro atoms. The van der Waals surface area contributed by atoms with E-state index in [1.54, 1.807) is 11.8 Å². The summed E-state index contributed by atoms with van der Waals surface area (Å²) in [5.74, 6) is 0.797. The standard InChI is InChI=1S/C15H22N2S2/c1-3-11-6-5-9-17(10-11)12-7-4-8-13(19-2)14(12)15(16)18/h4,7-8,11H,3,5-6,9-10H2,1-2H3,(H2,16,18). The zero-order valence-corrected chi connectivity index (χ0v) is 13.3. The Morgan fingerprint density at radius 3 is 2.95 bits per heavy atom. The van der Waals surface area contributed by atoms with Crippen LogP contribution >= 0.6 is 24.0 Å². The highest BCUT2D eigenvalue weighted by molar-refractivity contribution is 7.98. The quantitative estimate of drug-likeness (QED) is 0.678. The molecular weight excluding hydrogens is 272 g/mol. The fourth-order valence-corrected chi connectivity index (χ4v) is 3.73. The summed E-state index contributed by atoms with van der Waals surface area (Å²) < 4.78 is 0. The first-order valence-corrected chi connectivity index (χ1v) is 8.52. The van der Waals surface area contributed by atoms with E-state index in [9.17, 15) is 0 Å². The summed E-state index contributed by atoms with van der Waals surface area (Å²) in [6.07, 6.45) is 5.93. The van der Waals surface area contributed by atoms with Crippen molar-refractivity contribution in [1.29, 1.82) is 0 Å². The van der Waals surface area contributed by atoms with Crippen molar-refractivity contribution >= 4 is 34.7 Å². The second-order valence-corrected chi connectivity index (χ2v) is 6.37. The van der Waals surface area contributed by atoms with Gasteiger partial charge in [-0.05, 0) is 37.1 Å². The first-order valence-electron chi connectivity index (χ1n) is 6.89. The molecule has 1 heterocycles. The van der Waals surface area contributed by atoms with Crippen molar-refractivity contribution in [3.63, 3.8) is 0 Å². The molecule has 1 aliphatic rings. The number of hydrogen-bond acceptors (Lipinski definition) is 3. The summed E-state index contributed by atoms with van der Waals surface area (Å²) in [6.45, 7) is 4.52. The van der Waals surface area contributed by atoms with Gasteiger partial charge in [-0.3, -0.25) is 0 Å². The van der Waals surface area contributed by atoms with Crippen molar-refractivity contribution in [2.75, 3.05) is 24.2 Å². The van der Waals surface area contributed by atoms with Gasteiger partial charge in [0.2, 0.25) is 0 Å². The van der Waals surface area contributed by atoms with Gasteiger partial charge in [-0.15, -0.1) is 11.8 Å². The van der Waals surface area contributed by atoms with E-state index in [1.807, 2.05) is 0 Å². The molecule has 1 fully saturated rings. The summed E-state index contributed by atoms with van der Waals surface area (Å²) in [4.78, 5) is 4.16. The number of piperidine rings is 1. The van der Waals surface area contributed by atoms with Crippen LogP contribution in [0.1, 0.15) is 31.7 Å². The average molecular weight is 294 g/mol. The van der Waals surface area contributed by atoms with Gasteiger partial charge >= 0.3 is 0 Å². The van der Waals surface area contributed by atoms with Crippen LogP contribution in [0.25, 0.3) is 0 Å². The Balaban J connectivity index is 2.35. The molecule has 2 nitrogen and oxygen atoms in total. The Labute approximate surface area is 125 Å². The van der Waals surface area contributed by atoms with Crippen LogP contribution in [0.15, 0.2) is 23.1 Å². The fourth-order valence-electron chi connectivity index (χ4n) is 2.82. The lowest BCUT2D eigenvalue weighted by Crippen LogP contribution is -2.36. The van der Waals surface area contributed by atoms with E-state index in [1.165, 1.54) is 29.8 Å². The summed E-state index contributed by atoms with van der Waals surface area (Å²) in [7, 11) is 0. The normalized spacial score (nSPS) is 19.5. The molecule has 1 aromatic carbocycles. The Hall–Kier alpha value is -0.740. The first-order chi connectivity index (χ1) is 9.17. The Kier molecular flexibility index (Phi) is 5.11. The van der Waals surface area contributed by atoms with Gasteiger partial charge in [-0.2, -0.15) is 0 Å². The minimum atomic E-state index is 0.513. The molecule has 4 heteroatoms. The zero-order chi connectivity index (χ0) is 13.8. The van der Waals surface area contributed by atoms with Gasteiger partial charge in [0.1, 0.15) is 4.99 Å². The zero-order valence-electron chi connectivity index (χ0n) is 11.7. The van der Waals surface area contributed by atoms with E-state index >= 15 is 0 Å². The second kappa shape index (κ2) is 6.62. The Morgan fingerprint density at radius 2 is 2.32 bits per heavy atom. The number of anilines is 1. The van der Waals surface area contributed by atoms with Crippen molar-refractivity contribution in [2.45, 2.75) is 31.1 Å². The molecule has 1 saturated heterocycles. The highest BCUT2D eigenvalue weighted by Crippen LogP contribution is 2.32. The summed E-state index contributed by atoms with van der Waals surface area (Å²) in [6, 6.07) is 6.37. The predicted molar refractivity (Wildman–Crippen MR) is 89.3 cm³/mol. The molecule has 104 valence electrons. The highest BCUT2D eigenvalue weighted by Gasteiger charge is 2.22. The number of nitrogens with zero attached hydrogens (tertiary/aromatic N) is 1. The lowest BCUT2D eigenvalue weighted by atomic mass is 9.94. The predicted octanol–water partition coefficient (Wildman–Crippen LogP) is 3.67. The molecule has 1 aromatic rings. The monoisotopic (exact) mass is 294 g/mol. The van der Waals surface area contributed by atoms with E-state index in [2.05, 4.69) is 36.3 Å². The number of benzene rings is 1. The summed E-state index contributed by atoms with van der Waals surface area (Å²) in [5, 5.41) is 0. The fraction of sp³-hybridized carbons (Fsp3) is 0.533. The third kappa shape index (κ3) is 3.23. The van der Waals surface area contributed by atoms with Crippen LogP contribution in [-0.4, -0.2) is 24.3 Å². The first kappa shape index (κ1) is 14.7. The van der Waals surface area contributed by atoms with Gasteiger partial charge in [-0.1, -0.05) is 31.6 Å². The van der Waals surface area contributed by atoms with Gasteiger partial charge in [0.05, 0.1) is 0 Å². The molecule has 1 aliphatic heterocycles. The maximum absolute atomic E-state index is 5.96.